The van der Waals surface area contributed by atoms with E-state index in [-0.39, 0.29) is 6.04 Å². The molecular formula is C15H16ClNO2. The van der Waals surface area contributed by atoms with Crippen LogP contribution in [-0.2, 0) is 4.84 Å². The lowest BCUT2D eigenvalue weighted by Crippen LogP contribution is -2.19. The van der Waals surface area contributed by atoms with Crippen molar-refractivity contribution in [1.29, 1.82) is 0 Å². The second-order valence-electron chi connectivity index (χ2n) is 4.69. The van der Waals surface area contributed by atoms with Gasteiger partial charge in [-0.15, -0.1) is 0 Å². The van der Waals surface area contributed by atoms with Crippen molar-refractivity contribution in [3.05, 3.63) is 40.9 Å². The fraction of sp³-hybridized carbons (Fsp3) is 0.333. The molecular weight excluding hydrogens is 262 g/mol. The Labute approximate surface area is 117 Å². The first-order valence-corrected chi connectivity index (χ1v) is 6.81. The van der Waals surface area contributed by atoms with Crippen LogP contribution < -0.4 is 10.2 Å². The minimum atomic E-state index is 0.115. The zero-order valence-corrected chi connectivity index (χ0v) is 11.5. The van der Waals surface area contributed by atoms with E-state index in [0.29, 0.717) is 0 Å². The Kier molecular flexibility index (Phi) is 3.60. The van der Waals surface area contributed by atoms with E-state index in [1.807, 2.05) is 24.3 Å². The van der Waals surface area contributed by atoms with Gasteiger partial charge in [0.25, 0.3) is 0 Å². The van der Waals surface area contributed by atoms with Gasteiger partial charge in [0, 0.05) is 21.4 Å². The molecule has 0 saturated heterocycles. The van der Waals surface area contributed by atoms with Crippen LogP contribution in [-0.4, -0.2) is 13.7 Å². The highest BCUT2D eigenvalue weighted by Crippen LogP contribution is 2.40. The van der Waals surface area contributed by atoms with Crippen LogP contribution in [0.2, 0.25) is 5.02 Å². The van der Waals surface area contributed by atoms with Gasteiger partial charge in [-0.25, -0.2) is 0 Å². The average molecular weight is 278 g/mol. The monoisotopic (exact) mass is 277 g/mol. The van der Waals surface area contributed by atoms with Gasteiger partial charge in [-0.05, 0) is 18.9 Å². The number of halogens is 1. The number of nitrogens with one attached hydrogen (secondary N) is 1. The first-order chi connectivity index (χ1) is 9.31. The van der Waals surface area contributed by atoms with Crippen molar-refractivity contribution in [3.8, 4) is 5.75 Å². The van der Waals surface area contributed by atoms with Gasteiger partial charge in [0.1, 0.15) is 5.75 Å². The van der Waals surface area contributed by atoms with Crippen molar-refractivity contribution in [3.63, 3.8) is 0 Å². The number of hydrogen-bond donors (Lipinski definition) is 1. The minimum absolute atomic E-state index is 0.115. The summed E-state index contributed by atoms with van der Waals surface area (Å²) in [6, 6.07) is 10.2. The molecule has 0 bridgehead atoms. The molecule has 1 aliphatic heterocycles. The van der Waals surface area contributed by atoms with Gasteiger partial charge in [-0.2, -0.15) is 5.48 Å². The zero-order chi connectivity index (χ0) is 13.2. The molecule has 19 heavy (non-hydrogen) atoms. The summed E-state index contributed by atoms with van der Waals surface area (Å²) < 4.78 is 5.94. The molecule has 1 atom stereocenters. The zero-order valence-electron chi connectivity index (χ0n) is 10.8. The summed E-state index contributed by atoms with van der Waals surface area (Å²) in [5.41, 5.74) is 4.11. The van der Waals surface area contributed by atoms with Crippen LogP contribution in [0, 0.1) is 0 Å². The summed E-state index contributed by atoms with van der Waals surface area (Å²) in [6.45, 7) is 0.723. The smallest absolute Gasteiger partial charge is 0.132 e. The maximum Gasteiger partial charge on any atom is 0.132 e. The predicted molar refractivity (Wildman–Crippen MR) is 76.6 cm³/mol. The molecule has 0 aliphatic carbocycles. The summed E-state index contributed by atoms with van der Waals surface area (Å²) in [5, 5.41) is 2.85. The van der Waals surface area contributed by atoms with Crippen molar-refractivity contribution in [2.75, 3.05) is 13.7 Å². The molecule has 0 fully saturated rings. The Morgan fingerprint density at radius 2 is 2.11 bits per heavy atom. The number of hydrogen-bond acceptors (Lipinski definition) is 3. The van der Waals surface area contributed by atoms with Crippen LogP contribution in [0.1, 0.15) is 24.4 Å². The number of benzene rings is 2. The lowest BCUT2D eigenvalue weighted by atomic mass is 9.98. The van der Waals surface area contributed by atoms with Crippen LogP contribution in [0.3, 0.4) is 0 Å². The summed E-state index contributed by atoms with van der Waals surface area (Å²) in [5.74, 6) is 0.923. The van der Waals surface area contributed by atoms with E-state index in [9.17, 15) is 0 Å². The van der Waals surface area contributed by atoms with Crippen LogP contribution >= 0.6 is 11.6 Å². The Balaban J connectivity index is 2.22. The van der Waals surface area contributed by atoms with Gasteiger partial charge in [0.15, 0.2) is 0 Å². The van der Waals surface area contributed by atoms with E-state index in [1.54, 1.807) is 7.11 Å². The Morgan fingerprint density at radius 3 is 2.89 bits per heavy atom. The summed E-state index contributed by atoms with van der Waals surface area (Å²) in [4.78, 5) is 5.10. The highest BCUT2D eigenvalue weighted by molar-refractivity contribution is 6.36. The molecule has 3 nitrogen and oxygen atoms in total. The topological polar surface area (TPSA) is 30.5 Å². The van der Waals surface area contributed by atoms with Crippen molar-refractivity contribution in [2.45, 2.75) is 18.9 Å². The number of fused-ring (bicyclic) bond motifs is 3. The minimum Gasteiger partial charge on any atom is -0.493 e. The quantitative estimate of drug-likeness (QED) is 0.846. The van der Waals surface area contributed by atoms with E-state index in [1.165, 1.54) is 0 Å². The largest absolute Gasteiger partial charge is 0.493 e. The third-order valence-electron chi connectivity index (χ3n) is 3.49. The van der Waals surface area contributed by atoms with Crippen molar-refractivity contribution in [1.82, 2.24) is 5.48 Å². The van der Waals surface area contributed by atoms with E-state index < -0.39 is 0 Å². The fourth-order valence-corrected chi connectivity index (χ4v) is 2.91. The van der Waals surface area contributed by atoms with Gasteiger partial charge in [0.05, 0.1) is 19.8 Å². The molecule has 0 amide bonds. The van der Waals surface area contributed by atoms with Gasteiger partial charge in [-0.3, -0.25) is 0 Å². The van der Waals surface area contributed by atoms with Gasteiger partial charge >= 0.3 is 0 Å². The normalized spacial score (nSPS) is 18.7. The van der Waals surface area contributed by atoms with E-state index in [2.05, 4.69) is 11.5 Å². The second-order valence-corrected chi connectivity index (χ2v) is 5.09. The highest BCUT2D eigenvalue weighted by Gasteiger charge is 2.22. The van der Waals surface area contributed by atoms with Crippen LogP contribution in [0.25, 0.3) is 10.8 Å². The standard InChI is InChI=1S/C15H16ClNO2/c1-18-17-14-7-4-8-19-15-11-6-3-2-5-10(11)13(16)9-12(14)15/h2-3,5-6,9,14,17H,4,7-8H2,1H3. The molecule has 1 N–H and O–H groups in total. The highest BCUT2D eigenvalue weighted by atomic mass is 35.5. The van der Waals surface area contributed by atoms with E-state index in [0.717, 1.165) is 46.6 Å². The molecule has 0 radical (unpaired) electrons. The fourth-order valence-electron chi connectivity index (χ4n) is 2.63. The molecule has 2 aromatic rings. The molecule has 100 valence electrons. The SMILES string of the molecule is CONC1CCCOc2c1cc(Cl)c1ccccc21. The Hall–Kier alpha value is -1.29. The summed E-state index contributed by atoms with van der Waals surface area (Å²) in [6.07, 6.45) is 1.96. The Bertz CT molecular complexity index is 600. The lowest BCUT2D eigenvalue weighted by Gasteiger charge is -2.19. The van der Waals surface area contributed by atoms with Crippen molar-refractivity contribution < 1.29 is 9.57 Å². The maximum absolute atomic E-state index is 6.39. The number of ether oxygens (including phenoxy) is 1. The van der Waals surface area contributed by atoms with Crippen molar-refractivity contribution in [2.24, 2.45) is 0 Å². The Morgan fingerprint density at radius 1 is 1.32 bits per heavy atom. The third-order valence-corrected chi connectivity index (χ3v) is 3.81. The van der Waals surface area contributed by atoms with E-state index in [4.69, 9.17) is 21.2 Å². The van der Waals surface area contributed by atoms with E-state index >= 15 is 0 Å². The number of hydroxylamine groups is 1. The predicted octanol–water partition coefficient (Wildman–Crippen LogP) is 3.86. The van der Waals surface area contributed by atoms with Gasteiger partial charge < -0.3 is 9.57 Å². The molecule has 0 spiro atoms. The summed E-state index contributed by atoms with van der Waals surface area (Å²) >= 11 is 6.39. The lowest BCUT2D eigenvalue weighted by molar-refractivity contribution is 0.0580. The van der Waals surface area contributed by atoms with Crippen molar-refractivity contribution >= 4 is 22.4 Å². The van der Waals surface area contributed by atoms with Crippen LogP contribution in [0.5, 0.6) is 5.75 Å². The average Bonchev–Trinajstić information content (AvgIpc) is 2.63. The first kappa shape index (κ1) is 12.7. The molecule has 2 aromatic carbocycles. The third kappa shape index (κ3) is 2.29. The maximum atomic E-state index is 6.39. The number of rotatable bonds is 2. The molecule has 1 unspecified atom stereocenters. The van der Waals surface area contributed by atoms with Gasteiger partial charge in [0.2, 0.25) is 0 Å². The van der Waals surface area contributed by atoms with Crippen LogP contribution in [0.4, 0.5) is 0 Å². The van der Waals surface area contributed by atoms with Crippen LogP contribution in [0.15, 0.2) is 30.3 Å². The first-order valence-electron chi connectivity index (χ1n) is 6.43. The molecule has 4 heteroatoms. The van der Waals surface area contributed by atoms with Gasteiger partial charge in [-0.1, -0.05) is 35.9 Å². The molecule has 1 heterocycles. The summed E-state index contributed by atoms with van der Waals surface area (Å²) in [7, 11) is 1.63. The second kappa shape index (κ2) is 5.37. The molecule has 0 saturated carbocycles. The molecule has 0 aromatic heterocycles. The molecule has 3 rings (SSSR count). The molecule has 1 aliphatic rings.